The summed E-state index contributed by atoms with van der Waals surface area (Å²) in [6.45, 7) is 1.55. The van der Waals surface area contributed by atoms with E-state index in [2.05, 4.69) is 15.5 Å². The van der Waals surface area contributed by atoms with Crippen molar-refractivity contribution in [3.8, 4) is 0 Å². The van der Waals surface area contributed by atoms with Crippen LogP contribution in [0.15, 0.2) is 63.8 Å². The maximum Gasteiger partial charge on any atom is 0.258 e. The van der Waals surface area contributed by atoms with E-state index in [9.17, 15) is 13.2 Å². The molecule has 0 aliphatic carbocycles. The molecule has 0 bridgehead atoms. The topological polar surface area (TPSA) is 89.0 Å². The summed E-state index contributed by atoms with van der Waals surface area (Å²) in [4.78, 5) is 12.6. The van der Waals surface area contributed by atoms with Crippen molar-refractivity contribution < 1.29 is 13.2 Å². The lowest BCUT2D eigenvalue weighted by Crippen LogP contribution is -2.17. The van der Waals surface area contributed by atoms with Crippen molar-refractivity contribution in [1.29, 1.82) is 0 Å². The minimum atomic E-state index is -3.50. The van der Waals surface area contributed by atoms with Crippen LogP contribution in [0.5, 0.6) is 0 Å². The second-order valence-corrected chi connectivity index (χ2v) is 9.95. The molecule has 0 aliphatic rings. The van der Waals surface area contributed by atoms with Gasteiger partial charge in [0.15, 0.2) is 14.2 Å². The number of amides is 1. The van der Waals surface area contributed by atoms with Gasteiger partial charge in [-0.2, -0.15) is 0 Å². The number of thioether (sulfide) groups is 1. The van der Waals surface area contributed by atoms with E-state index in [1.54, 1.807) is 19.1 Å². The molecule has 0 radical (unpaired) electrons. The highest BCUT2D eigenvalue weighted by atomic mass is 32.2. The fourth-order valence-electron chi connectivity index (χ4n) is 2.28. The lowest BCUT2D eigenvalue weighted by molar-refractivity contribution is 0.102. The van der Waals surface area contributed by atoms with Gasteiger partial charge in [0, 0.05) is 5.75 Å². The summed E-state index contributed by atoms with van der Waals surface area (Å²) in [5, 5.41) is 11.0. The van der Waals surface area contributed by atoms with Crippen LogP contribution in [0.3, 0.4) is 0 Å². The van der Waals surface area contributed by atoms with E-state index in [-0.39, 0.29) is 16.2 Å². The van der Waals surface area contributed by atoms with Gasteiger partial charge in [-0.25, -0.2) is 8.42 Å². The van der Waals surface area contributed by atoms with E-state index in [1.165, 1.54) is 40.8 Å². The molecule has 0 fully saturated rings. The number of nitrogens with zero attached hydrogens (tertiary/aromatic N) is 2. The number of benzene rings is 2. The smallest absolute Gasteiger partial charge is 0.258 e. The maximum atomic E-state index is 12.5. The lowest BCUT2D eigenvalue weighted by atomic mass is 10.2. The largest absolute Gasteiger partial charge is 0.296 e. The summed E-state index contributed by atoms with van der Waals surface area (Å²) >= 11 is 2.78. The first-order chi connectivity index (χ1) is 13.0. The Bertz CT molecular complexity index is 1030. The van der Waals surface area contributed by atoms with Crippen LogP contribution >= 0.6 is 23.1 Å². The highest BCUT2D eigenvalue weighted by molar-refractivity contribution is 8.00. The Balaban J connectivity index is 1.70. The number of rotatable bonds is 7. The van der Waals surface area contributed by atoms with Crippen LogP contribution in [-0.4, -0.2) is 30.3 Å². The van der Waals surface area contributed by atoms with Crippen LogP contribution in [0, 0.1) is 0 Å². The second kappa shape index (κ2) is 8.64. The van der Waals surface area contributed by atoms with E-state index >= 15 is 0 Å². The van der Waals surface area contributed by atoms with Crippen molar-refractivity contribution in [2.45, 2.75) is 21.9 Å². The number of hydrogen-bond acceptors (Lipinski definition) is 7. The van der Waals surface area contributed by atoms with Crippen LogP contribution in [-0.2, 0) is 15.6 Å². The van der Waals surface area contributed by atoms with E-state index in [0.717, 1.165) is 10.1 Å². The Labute approximate surface area is 166 Å². The third-order valence-electron chi connectivity index (χ3n) is 3.68. The summed E-state index contributed by atoms with van der Waals surface area (Å²) < 4.78 is 25.1. The van der Waals surface area contributed by atoms with Crippen molar-refractivity contribution in [1.82, 2.24) is 10.2 Å². The number of anilines is 1. The Kier molecular flexibility index (Phi) is 6.25. The second-order valence-electron chi connectivity index (χ2n) is 5.50. The fourth-order valence-corrected chi connectivity index (χ4v) is 5.08. The molecule has 1 heterocycles. The van der Waals surface area contributed by atoms with Gasteiger partial charge in [0.1, 0.15) is 0 Å². The molecule has 0 atom stereocenters. The molecular formula is C18H17N3O3S3. The summed E-state index contributed by atoms with van der Waals surface area (Å²) in [6, 6.07) is 16.1. The molecule has 27 heavy (non-hydrogen) atoms. The van der Waals surface area contributed by atoms with Crippen LogP contribution in [0.2, 0.25) is 0 Å². The Morgan fingerprint density at radius 2 is 1.78 bits per heavy atom. The molecule has 1 aromatic heterocycles. The van der Waals surface area contributed by atoms with Gasteiger partial charge in [0.25, 0.3) is 5.91 Å². The van der Waals surface area contributed by atoms with E-state index < -0.39 is 15.7 Å². The van der Waals surface area contributed by atoms with Gasteiger partial charge in [-0.3, -0.25) is 10.1 Å². The molecule has 3 rings (SSSR count). The molecule has 6 nitrogen and oxygen atoms in total. The molecule has 1 N–H and O–H groups in total. The number of carbonyl (C=O) groups is 1. The molecule has 1 amide bonds. The van der Waals surface area contributed by atoms with Crippen LogP contribution in [0.4, 0.5) is 5.13 Å². The zero-order valence-electron chi connectivity index (χ0n) is 14.5. The highest BCUT2D eigenvalue weighted by Crippen LogP contribution is 2.29. The first-order valence-electron chi connectivity index (χ1n) is 8.13. The molecule has 0 aliphatic heterocycles. The highest BCUT2D eigenvalue weighted by Gasteiger charge is 2.21. The predicted octanol–water partition coefficient (Wildman–Crippen LogP) is 3.88. The Hall–Kier alpha value is -2.23. The maximum absolute atomic E-state index is 12.5. The number of aromatic nitrogens is 2. The number of carbonyl (C=O) groups excluding carboxylic acids is 1. The van der Waals surface area contributed by atoms with Crippen LogP contribution < -0.4 is 5.32 Å². The normalized spacial score (nSPS) is 11.3. The molecule has 9 heteroatoms. The molecule has 2 aromatic carbocycles. The zero-order valence-corrected chi connectivity index (χ0v) is 16.9. The minimum Gasteiger partial charge on any atom is -0.296 e. The summed E-state index contributed by atoms with van der Waals surface area (Å²) in [7, 11) is -3.50. The average molecular weight is 420 g/mol. The number of sulfone groups is 1. The van der Waals surface area contributed by atoms with Crippen molar-refractivity contribution >= 4 is 44.0 Å². The average Bonchev–Trinajstić information content (AvgIpc) is 3.14. The molecule has 140 valence electrons. The van der Waals surface area contributed by atoms with E-state index in [4.69, 9.17) is 0 Å². The Morgan fingerprint density at radius 1 is 1.07 bits per heavy atom. The van der Waals surface area contributed by atoms with Crippen molar-refractivity contribution in [3.05, 3.63) is 65.7 Å². The molecule has 3 aromatic rings. The first-order valence-corrected chi connectivity index (χ1v) is 11.6. The van der Waals surface area contributed by atoms with Gasteiger partial charge in [-0.15, -0.1) is 10.2 Å². The van der Waals surface area contributed by atoms with Crippen molar-refractivity contribution in [2.24, 2.45) is 0 Å². The van der Waals surface area contributed by atoms with Crippen LogP contribution in [0.25, 0.3) is 0 Å². The van der Waals surface area contributed by atoms with Gasteiger partial charge >= 0.3 is 0 Å². The molecule has 0 unspecified atom stereocenters. The quantitative estimate of drug-likeness (QED) is 0.462. The summed E-state index contributed by atoms with van der Waals surface area (Å²) in [5.41, 5.74) is 1.27. The predicted molar refractivity (Wildman–Crippen MR) is 108 cm³/mol. The third kappa shape index (κ3) is 4.94. The first kappa shape index (κ1) is 19.5. The summed E-state index contributed by atoms with van der Waals surface area (Å²) in [6.07, 6.45) is 0. The van der Waals surface area contributed by atoms with E-state index in [0.29, 0.717) is 5.13 Å². The zero-order chi connectivity index (χ0) is 19.3. The van der Waals surface area contributed by atoms with Gasteiger partial charge in [0.05, 0.1) is 16.2 Å². The van der Waals surface area contributed by atoms with Crippen molar-refractivity contribution in [2.75, 3.05) is 11.1 Å². The van der Waals surface area contributed by atoms with Crippen LogP contribution in [0.1, 0.15) is 22.8 Å². The molecular weight excluding hydrogens is 402 g/mol. The van der Waals surface area contributed by atoms with Gasteiger partial charge in [0.2, 0.25) is 5.13 Å². The fraction of sp³-hybridized carbons (Fsp3) is 0.167. The SMILES string of the molecule is CCS(=O)(=O)c1ccccc1C(=O)Nc1nnc(SCc2ccccc2)s1. The van der Waals surface area contributed by atoms with E-state index in [1.807, 2.05) is 30.3 Å². The third-order valence-corrected chi connectivity index (χ3v) is 7.51. The van der Waals surface area contributed by atoms with Gasteiger partial charge < -0.3 is 0 Å². The number of hydrogen-bond donors (Lipinski definition) is 1. The molecule has 0 saturated heterocycles. The van der Waals surface area contributed by atoms with Gasteiger partial charge in [-0.1, -0.05) is 72.5 Å². The lowest BCUT2D eigenvalue weighted by Gasteiger charge is -2.08. The number of nitrogens with one attached hydrogen (secondary N) is 1. The standard InChI is InChI=1S/C18H17N3O3S3/c1-2-27(23,24)15-11-7-6-10-14(15)16(22)19-17-20-21-18(26-17)25-12-13-8-4-3-5-9-13/h3-11H,2,12H2,1H3,(H,19,20,22). The van der Waals surface area contributed by atoms with Gasteiger partial charge in [-0.05, 0) is 17.7 Å². The minimum absolute atomic E-state index is 0.0215. The van der Waals surface area contributed by atoms with Crippen molar-refractivity contribution in [3.63, 3.8) is 0 Å². The summed E-state index contributed by atoms with van der Waals surface area (Å²) in [5.74, 6) is 0.163. The Morgan fingerprint density at radius 3 is 2.52 bits per heavy atom. The molecule has 0 saturated carbocycles. The monoisotopic (exact) mass is 419 g/mol. The molecule has 0 spiro atoms.